The molecule has 0 fully saturated rings. The van der Waals surface area contributed by atoms with Crippen molar-refractivity contribution >= 4 is 0 Å². The quantitative estimate of drug-likeness (QED) is 0.603. The normalized spacial score (nSPS) is 12.3. The maximum Gasteiger partial charge on any atom is 0.0555 e. The SMILES string of the molecule is C=C=C(CCCC)C[C@@H](C)O. The summed E-state index contributed by atoms with van der Waals surface area (Å²) in [6.07, 6.45) is 3.86. The Labute approximate surface area is 69.4 Å². The van der Waals surface area contributed by atoms with Crippen LogP contribution < -0.4 is 0 Å². The Balaban J connectivity index is 3.69. The summed E-state index contributed by atoms with van der Waals surface area (Å²) < 4.78 is 0. The van der Waals surface area contributed by atoms with Crippen LogP contribution >= 0.6 is 0 Å². The van der Waals surface area contributed by atoms with E-state index in [2.05, 4.69) is 19.2 Å². The minimum absolute atomic E-state index is 0.254. The zero-order valence-corrected chi connectivity index (χ0v) is 7.56. The summed E-state index contributed by atoms with van der Waals surface area (Å²) in [4.78, 5) is 0. The number of hydrogen-bond donors (Lipinski definition) is 1. The lowest BCUT2D eigenvalue weighted by molar-refractivity contribution is 0.194. The van der Waals surface area contributed by atoms with Crippen molar-refractivity contribution in [2.75, 3.05) is 0 Å². The number of aliphatic hydroxyl groups is 1. The Morgan fingerprint density at radius 3 is 2.64 bits per heavy atom. The van der Waals surface area contributed by atoms with E-state index in [1.165, 1.54) is 12.8 Å². The smallest absolute Gasteiger partial charge is 0.0555 e. The summed E-state index contributed by atoms with van der Waals surface area (Å²) in [6, 6.07) is 0. The van der Waals surface area contributed by atoms with Crippen molar-refractivity contribution in [3.8, 4) is 0 Å². The molecule has 0 rings (SSSR count). The summed E-state index contributed by atoms with van der Waals surface area (Å²) in [7, 11) is 0. The molecule has 0 aliphatic heterocycles. The molecular formula is C10H18O. The van der Waals surface area contributed by atoms with Gasteiger partial charge in [0.15, 0.2) is 0 Å². The van der Waals surface area contributed by atoms with Crippen molar-refractivity contribution in [3.63, 3.8) is 0 Å². The van der Waals surface area contributed by atoms with Gasteiger partial charge in [0.05, 0.1) is 6.10 Å². The van der Waals surface area contributed by atoms with Crippen LogP contribution in [0.15, 0.2) is 17.9 Å². The monoisotopic (exact) mass is 154 g/mol. The molecule has 0 radical (unpaired) electrons. The van der Waals surface area contributed by atoms with Gasteiger partial charge in [-0.2, -0.15) is 0 Å². The molecule has 0 aliphatic carbocycles. The van der Waals surface area contributed by atoms with E-state index in [1.807, 2.05) is 0 Å². The highest BCUT2D eigenvalue weighted by molar-refractivity contribution is 4.99. The van der Waals surface area contributed by atoms with Crippen LogP contribution in [0.2, 0.25) is 0 Å². The van der Waals surface area contributed by atoms with Gasteiger partial charge in [0.1, 0.15) is 0 Å². The summed E-state index contributed by atoms with van der Waals surface area (Å²) >= 11 is 0. The average Bonchev–Trinajstić information content (AvgIpc) is 1.97. The van der Waals surface area contributed by atoms with Crippen molar-refractivity contribution in [2.45, 2.75) is 45.6 Å². The topological polar surface area (TPSA) is 20.2 Å². The Hall–Kier alpha value is -0.520. The van der Waals surface area contributed by atoms with Crippen LogP contribution in [0.3, 0.4) is 0 Å². The van der Waals surface area contributed by atoms with E-state index in [0.29, 0.717) is 0 Å². The molecule has 11 heavy (non-hydrogen) atoms. The fraction of sp³-hybridized carbons (Fsp3) is 0.700. The molecule has 1 atom stereocenters. The van der Waals surface area contributed by atoms with Gasteiger partial charge in [0.2, 0.25) is 0 Å². The predicted molar refractivity (Wildman–Crippen MR) is 48.5 cm³/mol. The van der Waals surface area contributed by atoms with Gasteiger partial charge in [-0.15, -0.1) is 5.73 Å². The lowest BCUT2D eigenvalue weighted by Gasteiger charge is -2.05. The molecule has 0 heterocycles. The first-order chi connectivity index (χ1) is 5.20. The second kappa shape index (κ2) is 6.21. The molecule has 0 aromatic rings. The minimum Gasteiger partial charge on any atom is -0.393 e. The molecule has 1 heteroatoms. The van der Waals surface area contributed by atoms with Crippen molar-refractivity contribution in [3.05, 3.63) is 17.9 Å². The van der Waals surface area contributed by atoms with Crippen LogP contribution in [0, 0.1) is 0 Å². The Morgan fingerprint density at radius 1 is 1.64 bits per heavy atom. The van der Waals surface area contributed by atoms with Crippen molar-refractivity contribution in [1.29, 1.82) is 0 Å². The van der Waals surface area contributed by atoms with Gasteiger partial charge < -0.3 is 5.11 Å². The molecule has 64 valence electrons. The molecule has 0 aromatic carbocycles. The predicted octanol–water partition coefficient (Wildman–Crippen LogP) is 2.66. The van der Waals surface area contributed by atoms with Gasteiger partial charge in [-0.05, 0) is 25.3 Å². The maximum atomic E-state index is 9.06. The first-order valence-electron chi connectivity index (χ1n) is 4.26. The molecule has 0 saturated heterocycles. The lowest BCUT2D eigenvalue weighted by atomic mass is 10.0. The summed E-state index contributed by atoms with van der Waals surface area (Å²) in [5, 5.41) is 9.06. The van der Waals surface area contributed by atoms with Crippen LogP contribution in [0.4, 0.5) is 0 Å². The van der Waals surface area contributed by atoms with E-state index in [0.717, 1.165) is 18.4 Å². The maximum absolute atomic E-state index is 9.06. The van der Waals surface area contributed by atoms with Gasteiger partial charge in [-0.1, -0.05) is 19.9 Å². The van der Waals surface area contributed by atoms with Gasteiger partial charge >= 0.3 is 0 Å². The summed E-state index contributed by atoms with van der Waals surface area (Å²) in [5.74, 6) is 0. The van der Waals surface area contributed by atoms with Crippen LogP contribution in [-0.4, -0.2) is 11.2 Å². The van der Waals surface area contributed by atoms with Gasteiger partial charge in [0.25, 0.3) is 0 Å². The standard InChI is InChI=1S/C10H18O/c1-4-6-7-10(5-2)8-9(3)11/h9,11H,2,4,6-8H2,1,3H3/t9-/m1/s1. The average molecular weight is 154 g/mol. The number of aliphatic hydroxyl groups excluding tert-OH is 1. The molecule has 1 nitrogen and oxygen atoms in total. The lowest BCUT2D eigenvalue weighted by Crippen LogP contribution is -2.00. The third-order valence-corrected chi connectivity index (χ3v) is 1.62. The number of rotatable bonds is 5. The van der Waals surface area contributed by atoms with E-state index < -0.39 is 0 Å². The van der Waals surface area contributed by atoms with Crippen LogP contribution in [0.25, 0.3) is 0 Å². The molecule has 0 aliphatic rings. The first kappa shape index (κ1) is 10.5. The largest absolute Gasteiger partial charge is 0.393 e. The zero-order valence-electron chi connectivity index (χ0n) is 7.56. The minimum atomic E-state index is -0.254. The van der Waals surface area contributed by atoms with Crippen molar-refractivity contribution < 1.29 is 5.11 Å². The van der Waals surface area contributed by atoms with Crippen molar-refractivity contribution in [1.82, 2.24) is 0 Å². The fourth-order valence-corrected chi connectivity index (χ4v) is 1.01. The highest BCUT2D eigenvalue weighted by atomic mass is 16.3. The molecule has 0 amide bonds. The Bertz CT molecular complexity index is 141. The molecule has 0 saturated carbocycles. The van der Waals surface area contributed by atoms with Crippen LogP contribution in [0.1, 0.15) is 39.5 Å². The number of hydrogen-bond acceptors (Lipinski definition) is 1. The Kier molecular flexibility index (Phi) is 5.91. The van der Waals surface area contributed by atoms with Crippen molar-refractivity contribution in [2.24, 2.45) is 0 Å². The molecule has 0 unspecified atom stereocenters. The summed E-state index contributed by atoms with van der Waals surface area (Å²) in [5.41, 5.74) is 4.03. The van der Waals surface area contributed by atoms with E-state index in [4.69, 9.17) is 5.11 Å². The molecule has 0 bridgehead atoms. The van der Waals surface area contributed by atoms with E-state index >= 15 is 0 Å². The zero-order chi connectivity index (χ0) is 8.69. The summed E-state index contributed by atoms with van der Waals surface area (Å²) in [6.45, 7) is 7.54. The first-order valence-corrected chi connectivity index (χ1v) is 4.26. The fourth-order valence-electron chi connectivity index (χ4n) is 1.01. The highest BCUT2D eigenvalue weighted by Crippen LogP contribution is 2.11. The van der Waals surface area contributed by atoms with Gasteiger partial charge in [-0.25, -0.2) is 0 Å². The second-order valence-corrected chi connectivity index (χ2v) is 2.94. The third kappa shape index (κ3) is 5.90. The van der Waals surface area contributed by atoms with E-state index in [-0.39, 0.29) is 6.10 Å². The third-order valence-electron chi connectivity index (χ3n) is 1.62. The van der Waals surface area contributed by atoms with E-state index in [9.17, 15) is 0 Å². The molecular weight excluding hydrogens is 136 g/mol. The molecule has 0 spiro atoms. The van der Waals surface area contributed by atoms with E-state index in [1.54, 1.807) is 6.92 Å². The highest BCUT2D eigenvalue weighted by Gasteiger charge is 2.00. The van der Waals surface area contributed by atoms with Crippen LogP contribution in [0.5, 0.6) is 0 Å². The molecule has 0 aromatic heterocycles. The second-order valence-electron chi connectivity index (χ2n) is 2.94. The Morgan fingerprint density at radius 2 is 2.27 bits per heavy atom. The van der Waals surface area contributed by atoms with Crippen LogP contribution in [-0.2, 0) is 0 Å². The molecule has 1 N–H and O–H groups in total. The van der Waals surface area contributed by atoms with Gasteiger partial charge in [-0.3, -0.25) is 0 Å². The van der Waals surface area contributed by atoms with Gasteiger partial charge in [0, 0.05) is 6.42 Å². The number of unbranched alkanes of at least 4 members (excludes halogenated alkanes) is 1.